The van der Waals surface area contributed by atoms with Gasteiger partial charge in [0.2, 0.25) is 5.91 Å². The van der Waals surface area contributed by atoms with Crippen molar-refractivity contribution in [3.8, 4) is 0 Å². The van der Waals surface area contributed by atoms with Crippen molar-refractivity contribution in [1.29, 1.82) is 0 Å². The molecule has 0 bridgehead atoms. The fraction of sp³-hybridized carbons (Fsp3) is 0.237. The molecule has 0 saturated carbocycles. The number of rotatable bonds is 11. The zero-order chi connectivity index (χ0) is 31.8. The number of hydrogen-bond acceptors (Lipinski definition) is 4. The van der Waals surface area contributed by atoms with Crippen LogP contribution < -0.4 is 0 Å². The Hall–Kier alpha value is -5.04. The molecule has 0 spiro atoms. The fourth-order valence-corrected chi connectivity index (χ4v) is 5.78. The second-order valence-electron chi connectivity index (χ2n) is 11.1. The second-order valence-corrected chi connectivity index (χ2v) is 11.1. The Balaban J connectivity index is 1.36. The van der Waals surface area contributed by atoms with Gasteiger partial charge in [-0.1, -0.05) is 91.0 Å². The highest BCUT2D eigenvalue weighted by Gasteiger charge is 2.38. The van der Waals surface area contributed by atoms with Crippen LogP contribution in [0.15, 0.2) is 120 Å². The minimum atomic E-state index is -0.736. The number of carbonyl (C=O) groups is 3. The lowest BCUT2D eigenvalue weighted by Crippen LogP contribution is -2.38. The van der Waals surface area contributed by atoms with Gasteiger partial charge in [-0.3, -0.25) is 9.59 Å². The summed E-state index contributed by atoms with van der Waals surface area (Å²) in [6.07, 6.45) is 0.676. The maximum absolute atomic E-state index is 14.8. The molecule has 1 atom stereocenters. The lowest BCUT2D eigenvalue weighted by Gasteiger charge is -2.34. The van der Waals surface area contributed by atoms with Gasteiger partial charge in [0.05, 0.1) is 18.7 Å². The molecule has 4 aromatic carbocycles. The third-order valence-corrected chi connectivity index (χ3v) is 8.16. The summed E-state index contributed by atoms with van der Waals surface area (Å²) in [6, 6.07) is 33.4. The summed E-state index contributed by atoms with van der Waals surface area (Å²) in [5, 5.41) is 0. The van der Waals surface area contributed by atoms with Crippen LogP contribution in [0.4, 0.5) is 4.39 Å². The van der Waals surface area contributed by atoms with E-state index >= 15 is 0 Å². The summed E-state index contributed by atoms with van der Waals surface area (Å²) in [5.74, 6) is -2.06. The molecule has 2 amide bonds. The van der Waals surface area contributed by atoms with Crippen LogP contribution in [-0.2, 0) is 33.8 Å². The standard InChI is InChI=1S/C38H37FN2O4/c1-3-45-38(44)36-27(2)41(35(42)24-33(36)32-16-10-11-17-34(32)39)26-30-18-20-31(21-19-30)37(43)40(25-29-14-8-5-9-15-29)23-22-28-12-6-4-7-13-28/h4-21,33H,3,22-26H2,1-2H3. The number of amides is 2. The molecule has 1 aliphatic heterocycles. The molecule has 0 fully saturated rings. The second kappa shape index (κ2) is 14.6. The highest BCUT2D eigenvalue weighted by Crippen LogP contribution is 2.38. The fourth-order valence-electron chi connectivity index (χ4n) is 5.78. The monoisotopic (exact) mass is 604 g/mol. The number of ether oxygens (including phenoxy) is 1. The van der Waals surface area contributed by atoms with Crippen LogP contribution in [0.3, 0.4) is 0 Å². The summed E-state index contributed by atoms with van der Waals surface area (Å²) in [4.78, 5) is 43.6. The van der Waals surface area contributed by atoms with E-state index < -0.39 is 17.7 Å². The first-order chi connectivity index (χ1) is 21.9. The zero-order valence-electron chi connectivity index (χ0n) is 25.6. The van der Waals surface area contributed by atoms with Gasteiger partial charge in [-0.05, 0) is 60.7 Å². The molecular weight excluding hydrogens is 567 g/mol. The summed E-state index contributed by atoms with van der Waals surface area (Å²) < 4.78 is 20.1. The lowest BCUT2D eigenvalue weighted by atomic mass is 9.83. The zero-order valence-corrected chi connectivity index (χ0v) is 25.6. The van der Waals surface area contributed by atoms with Crippen LogP contribution in [0.2, 0.25) is 0 Å². The van der Waals surface area contributed by atoms with Crippen molar-refractivity contribution in [1.82, 2.24) is 9.80 Å². The molecule has 1 unspecified atom stereocenters. The molecule has 0 radical (unpaired) electrons. The largest absolute Gasteiger partial charge is 0.463 e. The van der Waals surface area contributed by atoms with Crippen LogP contribution in [0.25, 0.3) is 0 Å². The normalized spacial score (nSPS) is 14.8. The van der Waals surface area contributed by atoms with Gasteiger partial charge >= 0.3 is 5.97 Å². The van der Waals surface area contributed by atoms with Crippen LogP contribution in [0.1, 0.15) is 58.8 Å². The number of nitrogens with zero attached hydrogens (tertiary/aromatic N) is 2. The van der Waals surface area contributed by atoms with Gasteiger partial charge in [0.25, 0.3) is 5.91 Å². The molecule has 1 heterocycles. The molecule has 230 valence electrons. The summed E-state index contributed by atoms with van der Waals surface area (Å²) >= 11 is 0. The SMILES string of the molecule is CCOC(=O)C1=C(C)N(Cc2ccc(C(=O)N(CCc3ccccc3)Cc3ccccc3)cc2)C(=O)CC1c1ccccc1F. The molecule has 5 rings (SSSR count). The molecule has 0 aromatic heterocycles. The predicted octanol–water partition coefficient (Wildman–Crippen LogP) is 7.06. The van der Waals surface area contributed by atoms with Gasteiger partial charge in [-0.15, -0.1) is 0 Å². The van der Waals surface area contributed by atoms with Crippen molar-refractivity contribution in [3.63, 3.8) is 0 Å². The molecule has 0 saturated heterocycles. The Morgan fingerprint density at radius 1 is 0.844 bits per heavy atom. The van der Waals surface area contributed by atoms with Gasteiger partial charge in [0.15, 0.2) is 0 Å². The maximum atomic E-state index is 14.8. The van der Waals surface area contributed by atoms with E-state index in [1.165, 1.54) is 6.07 Å². The number of esters is 1. The van der Waals surface area contributed by atoms with Gasteiger partial charge in [0, 0.05) is 36.7 Å². The number of halogens is 1. The van der Waals surface area contributed by atoms with Crippen LogP contribution in [-0.4, -0.2) is 40.7 Å². The van der Waals surface area contributed by atoms with Crippen molar-refractivity contribution in [2.24, 2.45) is 0 Å². The van der Waals surface area contributed by atoms with Crippen molar-refractivity contribution in [2.45, 2.75) is 45.7 Å². The Kier molecular flexibility index (Phi) is 10.2. The molecule has 1 aliphatic rings. The van der Waals surface area contributed by atoms with E-state index in [0.29, 0.717) is 29.9 Å². The molecule has 0 N–H and O–H groups in total. The Labute approximate surface area is 263 Å². The van der Waals surface area contributed by atoms with E-state index in [0.717, 1.165) is 23.1 Å². The first-order valence-corrected chi connectivity index (χ1v) is 15.2. The van der Waals surface area contributed by atoms with Crippen molar-refractivity contribution in [2.75, 3.05) is 13.2 Å². The average molecular weight is 605 g/mol. The van der Waals surface area contributed by atoms with Gasteiger partial charge in [-0.2, -0.15) is 0 Å². The highest BCUT2D eigenvalue weighted by atomic mass is 19.1. The Morgan fingerprint density at radius 3 is 2.11 bits per heavy atom. The van der Waals surface area contributed by atoms with Gasteiger partial charge in [0.1, 0.15) is 5.82 Å². The molecule has 4 aromatic rings. The van der Waals surface area contributed by atoms with E-state index in [2.05, 4.69) is 12.1 Å². The Bertz CT molecular complexity index is 1670. The van der Waals surface area contributed by atoms with Gasteiger partial charge < -0.3 is 14.5 Å². The predicted molar refractivity (Wildman–Crippen MR) is 171 cm³/mol. The third-order valence-electron chi connectivity index (χ3n) is 8.16. The minimum Gasteiger partial charge on any atom is -0.463 e. The van der Waals surface area contributed by atoms with Gasteiger partial charge in [-0.25, -0.2) is 9.18 Å². The molecular formula is C38H37FN2O4. The molecule has 6 nitrogen and oxygen atoms in total. The molecule has 7 heteroatoms. The number of hydrogen-bond donors (Lipinski definition) is 0. The smallest absolute Gasteiger partial charge is 0.336 e. The highest BCUT2D eigenvalue weighted by molar-refractivity contribution is 5.96. The average Bonchev–Trinajstić information content (AvgIpc) is 3.06. The van der Waals surface area contributed by atoms with Crippen LogP contribution >= 0.6 is 0 Å². The minimum absolute atomic E-state index is 0.0567. The van der Waals surface area contributed by atoms with Crippen molar-refractivity contribution < 1.29 is 23.5 Å². The van der Waals surface area contributed by atoms with Crippen molar-refractivity contribution in [3.05, 3.63) is 154 Å². The number of carbonyl (C=O) groups excluding carboxylic acids is 3. The molecule has 0 aliphatic carbocycles. The lowest BCUT2D eigenvalue weighted by molar-refractivity contribution is -0.140. The van der Waals surface area contributed by atoms with E-state index in [-0.39, 0.29) is 37.0 Å². The maximum Gasteiger partial charge on any atom is 0.336 e. The third kappa shape index (κ3) is 7.55. The van der Waals surface area contributed by atoms with E-state index in [1.54, 1.807) is 49.1 Å². The first kappa shape index (κ1) is 31.4. The summed E-state index contributed by atoms with van der Waals surface area (Å²) in [5.41, 5.74) is 4.57. The van der Waals surface area contributed by atoms with Crippen LogP contribution in [0, 0.1) is 5.82 Å². The number of benzene rings is 4. The quantitative estimate of drug-likeness (QED) is 0.172. The molecule has 45 heavy (non-hydrogen) atoms. The number of allylic oxidation sites excluding steroid dienone is 1. The van der Waals surface area contributed by atoms with E-state index in [1.807, 2.05) is 65.6 Å². The summed E-state index contributed by atoms with van der Waals surface area (Å²) in [7, 11) is 0. The van der Waals surface area contributed by atoms with Crippen LogP contribution in [0.5, 0.6) is 0 Å². The van der Waals surface area contributed by atoms with Crippen molar-refractivity contribution >= 4 is 17.8 Å². The topological polar surface area (TPSA) is 66.9 Å². The summed E-state index contributed by atoms with van der Waals surface area (Å²) in [6.45, 7) is 4.82. The first-order valence-electron chi connectivity index (χ1n) is 15.2. The van der Waals surface area contributed by atoms with E-state index in [9.17, 15) is 18.8 Å². The Morgan fingerprint density at radius 2 is 1.47 bits per heavy atom. The van der Waals surface area contributed by atoms with E-state index in [4.69, 9.17) is 4.74 Å².